The second-order valence-corrected chi connectivity index (χ2v) is 20.7. The first kappa shape index (κ1) is 60.8. The molecule has 0 aromatic heterocycles. The minimum atomic E-state index is -4.38. The molecule has 0 spiro atoms. The van der Waals surface area contributed by atoms with Gasteiger partial charge in [-0.2, -0.15) is 0 Å². The number of likely N-dealkylation sites (N-methyl/N-ethyl adjacent to an activating group) is 1. The highest BCUT2D eigenvalue weighted by atomic mass is 31.2. The van der Waals surface area contributed by atoms with Crippen LogP contribution in [0, 0.1) is 0 Å². The first-order chi connectivity index (χ1) is 30.0. The van der Waals surface area contributed by atoms with E-state index >= 15 is 0 Å². The molecule has 0 bridgehead atoms. The third kappa shape index (κ3) is 48.2. The third-order valence-corrected chi connectivity index (χ3v) is 12.8. The van der Waals surface area contributed by atoms with Crippen LogP contribution in [0.5, 0.6) is 0 Å². The Morgan fingerprint density at radius 3 is 1.19 bits per heavy atom. The predicted octanol–water partition coefficient (Wildman–Crippen LogP) is 15.7. The average Bonchev–Trinajstić information content (AvgIpc) is 3.23. The number of hydrogen-bond donors (Lipinski definition) is 1. The van der Waals surface area contributed by atoms with E-state index < -0.39 is 26.5 Å². The van der Waals surface area contributed by atoms with E-state index in [1.54, 1.807) is 0 Å². The standard InChI is InChI=1S/C52H102NO8P/c1-6-8-10-12-14-16-18-20-22-23-24-25-26-27-28-29-31-32-34-36-38-40-42-44-51(54)58-48-50(49-60-62(56,57)59-47-46-53(3,4)5)61-52(55)45-43-41-39-37-35-33-30-21-19-17-15-13-11-9-7-2/h21,30,50H,6-20,22-29,31-49H2,1-5H3/p+1/b30-21+/t50-/m0/s1. The van der Waals surface area contributed by atoms with Crippen molar-refractivity contribution in [1.82, 2.24) is 0 Å². The molecule has 368 valence electrons. The van der Waals surface area contributed by atoms with E-state index in [2.05, 4.69) is 26.0 Å². The number of quaternary nitrogens is 1. The number of phosphoric ester groups is 1. The fourth-order valence-electron chi connectivity index (χ4n) is 7.66. The molecule has 0 fully saturated rings. The molecule has 1 N–H and O–H groups in total. The highest BCUT2D eigenvalue weighted by molar-refractivity contribution is 7.47. The number of rotatable bonds is 49. The number of nitrogens with zero attached hydrogens (tertiary/aromatic N) is 1. The van der Waals surface area contributed by atoms with Gasteiger partial charge in [0.25, 0.3) is 0 Å². The van der Waals surface area contributed by atoms with Gasteiger partial charge >= 0.3 is 19.8 Å². The largest absolute Gasteiger partial charge is 0.472 e. The summed E-state index contributed by atoms with van der Waals surface area (Å²) in [4.78, 5) is 35.5. The number of carbonyl (C=O) groups is 2. The maximum Gasteiger partial charge on any atom is 0.472 e. The normalized spacial score (nSPS) is 13.5. The molecule has 10 heteroatoms. The van der Waals surface area contributed by atoms with E-state index in [0.29, 0.717) is 23.9 Å². The number of esters is 2. The van der Waals surface area contributed by atoms with Crippen LogP contribution in [-0.2, 0) is 32.7 Å². The fourth-order valence-corrected chi connectivity index (χ4v) is 8.40. The van der Waals surface area contributed by atoms with Gasteiger partial charge in [-0.1, -0.05) is 219 Å². The Hall–Kier alpha value is -1.25. The monoisotopic (exact) mass is 901 g/mol. The number of allylic oxidation sites excluding steroid dienone is 2. The lowest BCUT2D eigenvalue weighted by Gasteiger charge is -2.24. The summed E-state index contributed by atoms with van der Waals surface area (Å²) in [6.45, 7) is 4.46. The van der Waals surface area contributed by atoms with E-state index in [-0.39, 0.29) is 25.6 Å². The van der Waals surface area contributed by atoms with E-state index in [0.717, 1.165) is 51.4 Å². The molecule has 62 heavy (non-hydrogen) atoms. The molecule has 0 aliphatic rings. The van der Waals surface area contributed by atoms with Gasteiger partial charge in [0.05, 0.1) is 27.7 Å². The molecule has 0 rings (SSSR count). The van der Waals surface area contributed by atoms with Crippen LogP contribution in [0.4, 0.5) is 0 Å². The van der Waals surface area contributed by atoms with Gasteiger partial charge in [0.2, 0.25) is 0 Å². The molecule has 0 aliphatic carbocycles. The van der Waals surface area contributed by atoms with Crippen molar-refractivity contribution in [3.63, 3.8) is 0 Å². The topological polar surface area (TPSA) is 108 Å². The van der Waals surface area contributed by atoms with Gasteiger partial charge in [-0.05, 0) is 38.5 Å². The number of carbonyl (C=O) groups excluding carboxylic acids is 2. The Balaban J connectivity index is 4.15. The quantitative estimate of drug-likeness (QED) is 0.0211. The Bertz CT molecular complexity index is 1060. The fraction of sp³-hybridized carbons (Fsp3) is 0.923. The Morgan fingerprint density at radius 2 is 0.823 bits per heavy atom. The Labute approximate surface area is 384 Å². The maximum atomic E-state index is 12.7. The van der Waals surface area contributed by atoms with Crippen LogP contribution in [0.25, 0.3) is 0 Å². The minimum Gasteiger partial charge on any atom is -0.462 e. The number of phosphoric acid groups is 1. The van der Waals surface area contributed by atoms with Gasteiger partial charge in [0, 0.05) is 12.8 Å². The van der Waals surface area contributed by atoms with Gasteiger partial charge in [0.1, 0.15) is 19.8 Å². The number of unbranched alkanes of at least 4 members (excludes halogenated alkanes) is 33. The summed E-state index contributed by atoms with van der Waals surface area (Å²) in [7, 11) is 1.49. The minimum absolute atomic E-state index is 0.0335. The molecule has 0 saturated heterocycles. The molecule has 0 amide bonds. The summed E-state index contributed by atoms with van der Waals surface area (Å²) >= 11 is 0. The highest BCUT2D eigenvalue weighted by Gasteiger charge is 2.27. The van der Waals surface area contributed by atoms with Crippen molar-refractivity contribution in [3.8, 4) is 0 Å². The zero-order chi connectivity index (χ0) is 45.7. The molecule has 9 nitrogen and oxygen atoms in total. The summed E-state index contributed by atoms with van der Waals surface area (Å²) in [6, 6.07) is 0. The molecular weight excluding hydrogens is 798 g/mol. The number of ether oxygens (including phenoxy) is 2. The van der Waals surface area contributed by atoms with Crippen molar-refractivity contribution in [2.45, 2.75) is 264 Å². The lowest BCUT2D eigenvalue weighted by Crippen LogP contribution is -2.37. The molecular formula is C52H103NO8P+. The second kappa shape index (κ2) is 44.9. The first-order valence-electron chi connectivity index (χ1n) is 26.4. The summed E-state index contributed by atoms with van der Waals surface area (Å²) in [5, 5.41) is 0. The van der Waals surface area contributed by atoms with E-state index in [4.69, 9.17) is 18.5 Å². The molecule has 2 atom stereocenters. The third-order valence-electron chi connectivity index (χ3n) is 11.8. The molecule has 0 aliphatic heterocycles. The van der Waals surface area contributed by atoms with Gasteiger partial charge in [0.15, 0.2) is 6.10 Å². The van der Waals surface area contributed by atoms with Crippen molar-refractivity contribution in [2.24, 2.45) is 0 Å². The molecule has 0 aromatic rings. The second-order valence-electron chi connectivity index (χ2n) is 19.3. The summed E-state index contributed by atoms with van der Waals surface area (Å²) in [5.74, 6) is -0.793. The van der Waals surface area contributed by atoms with Crippen LogP contribution < -0.4 is 0 Å². The SMILES string of the molecule is CCCCCCCC/C=C/CCCCCCCC(=O)O[C@@H](COC(=O)CCCCCCCCCCCCCCCCCCCCCCCCC)COP(=O)(O)OCC[N+](C)(C)C. The van der Waals surface area contributed by atoms with E-state index in [9.17, 15) is 19.0 Å². The van der Waals surface area contributed by atoms with E-state index in [1.807, 2.05) is 21.1 Å². The maximum absolute atomic E-state index is 12.7. The van der Waals surface area contributed by atoms with Crippen molar-refractivity contribution in [1.29, 1.82) is 0 Å². The lowest BCUT2D eigenvalue weighted by atomic mass is 10.0. The number of hydrogen-bond acceptors (Lipinski definition) is 7. The molecule has 0 radical (unpaired) electrons. The van der Waals surface area contributed by atoms with E-state index in [1.165, 1.54) is 173 Å². The first-order valence-corrected chi connectivity index (χ1v) is 27.9. The van der Waals surface area contributed by atoms with Crippen LogP contribution in [0.2, 0.25) is 0 Å². The van der Waals surface area contributed by atoms with Crippen LogP contribution in [0.1, 0.15) is 258 Å². The van der Waals surface area contributed by atoms with Crippen molar-refractivity contribution in [2.75, 3.05) is 47.5 Å². The lowest BCUT2D eigenvalue weighted by molar-refractivity contribution is -0.870. The Kier molecular flexibility index (Phi) is 44.0. The summed E-state index contributed by atoms with van der Waals surface area (Å²) < 4.78 is 34.5. The van der Waals surface area contributed by atoms with Gasteiger partial charge < -0.3 is 18.9 Å². The van der Waals surface area contributed by atoms with Crippen molar-refractivity contribution >= 4 is 19.8 Å². The molecule has 0 aromatic carbocycles. The Morgan fingerprint density at radius 1 is 0.484 bits per heavy atom. The summed E-state index contributed by atoms with van der Waals surface area (Å²) in [6.07, 6.45) is 49.8. The zero-order valence-electron chi connectivity index (χ0n) is 41.6. The molecule has 0 saturated carbocycles. The van der Waals surface area contributed by atoms with Crippen LogP contribution in [-0.4, -0.2) is 74.9 Å². The van der Waals surface area contributed by atoms with Crippen LogP contribution in [0.3, 0.4) is 0 Å². The predicted molar refractivity (Wildman–Crippen MR) is 261 cm³/mol. The van der Waals surface area contributed by atoms with Gasteiger partial charge in [-0.3, -0.25) is 18.6 Å². The van der Waals surface area contributed by atoms with Gasteiger partial charge in [-0.25, -0.2) is 4.57 Å². The molecule has 1 unspecified atom stereocenters. The average molecular weight is 901 g/mol. The van der Waals surface area contributed by atoms with Crippen molar-refractivity contribution in [3.05, 3.63) is 12.2 Å². The highest BCUT2D eigenvalue weighted by Crippen LogP contribution is 2.43. The van der Waals surface area contributed by atoms with Gasteiger partial charge in [-0.15, -0.1) is 0 Å². The smallest absolute Gasteiger partial charge is 0.462 e. The van der Waals surface area contributed by atoms with Crippen LogP contribution >= 0.6 is 7.82 Å². The van der Waals surface area contributed by atoms with Crippen molar-refractivity contribution < 1.29 is 42.1 Å². The summed E-state index contributed by atoms with van der Waals surface area (Å²) in [5.41, 5.74) is 0. The van der Waals surface area contributed by atoms with Crippen LogP contribution in [0.15, 0.2) is 12.2 Å². The zero-order valence-corrected chi connectivity index (χ0v) is 42.5. The molecule has 0 heterocycles.